The maximum atomic E-state index is 12.9. The number of benzene rings is 2. The third kappa shape index (κ3) is 3.80. The Hall–Kier alpha value is -3.19. The molecule has 6 nitrogen and oxygen atoms in total. The van der Waals surface area contributed by atoms with E-state index in [0.29, 0.717) is 11.4 Å². The number of para-hydroxylation sites is 1. The molecule has 154 valence electrons. The SMILES string of the molecule is Cc1nc(-c2ccc3c(c2)N(CC(=O)Nc2ccccc2C)C(=O)C(C)O3)c(C)s1. The van der Waals surface area contributed by atoms with E-state index in [4.69, 9.17) is 4.74 Å². The van der Waals surface area contributed by atoms with Crippen molar-refractivity contribution in [2.24, 2.45) is 0 Å². The summed E-state index contributed by atoms with van der Waals surface area (Å²) in [4.78, 5) is 32.8. The number of rotatable bonds is 4. The van der Waals surface area contributed by atoms with Crippen LogP contribution in [0.1, 0.15) is 22.4 Å². The molecule has 0 fully saturated rings. The zero-order valence-corrected chi connectivity index (χ0v) is 18.2. The highest BCUT2D eigenvalue weighted by molar-refractivity contribution is 7.11. The molecule has 2 aromatic carbocycles. The number of carbonyl (C=O) groups excluding carboxylic acids is 2. The number of ether oxygens (including phenoxy) is 1. The summed E-state index contributed by atoms with van der Waals surface area (Å²) in [5, 5.41) is 3.88. The molecule has 1 aliphatic heterocycles. The van der Waals surface area contributed by atoms with Crippen LogP contribution in [-0.2, 0) is 9.59 Å². The normalized spacial score (nSPS) is 15.5. The van der Waals surface area contributed by atoms with Crippen LogP contribution in [0.2, 0.25) is 0 Å². The Labute approximate surface area is 179 Å². The first-order chi connectivity index (χ1) is 14.3. The molecule has 7 heteroatoms. The molecule has 0 saturated heterocycles. The van der Waals surface area contributed by atoms with Gasteiger partial charge in [0.15, 0.2) is 6.10 Å². The Bertz CT molecular complexity index is 1140. The van der Waals surface area contributed by atoms with E-state index in [0.717, 1.165) is 32.4 Å². The van der Waals surface area contributed by atoms with Crippen molar-refractivity contribution in [2.75, 3.05) is 16.8 Å². The number of aryl methyl sites for hydroxylation is 3. The molecular weight excluding hydrogens is 398 g/mol. The van der Waals surface area contributed by atoms with Gasteiger partial charge in [0.2, 0.25) is 5.91 Å². The van der Waals surface area contributed by atoms with Crippen molar-refractivity contribution in [2.45, 2.75) is 33.8 Å². The zero-order valence-electron chi connectivity index (χ0n) is 17.4. The summed E-state index contributed by atoms with van der Waals surface area (Å²) in [6.07, 6.45) is -0.655. The lowest BCUT2D eigenvalue weighted by molar-refractivity contribution is -0.127. The quantitative estimate of drug-likeness (QED) is 0.674. The molecule has 1 atom stereocenters. The van der Waals surface area contributed by atoms with E-state index in [2.05, 4.69) is 10.3 Å². The number of anilines is 2. The molecule has 2 amide bonds. The van der Waals surface area contributed by atoms with Gasteiger partial charge in [-0.05, 0) is 57.5 Å². The van der Waals surface area contributed by atoms with Gasteiger partial charge in [0.25, 0.3) is 5.91 Å². The van der Waals surface area contributed by atoms with Gasteiger partial charge in [0, 0.05) is 16.1 Å². The van der Waals surface area contributed by atoms with Gasteiger partial charge in [-0.1, -0.05) is 18.2 Å². The standard InChI is InChI=1S/C23H23N3O3S/c1-13-7-5-6-8-18(13)25-21(27)12-26-19-11-17(22-15(3)30-16(4)24-22)9-10-20(19)29-14(2)23(26)28/h5-11,14H,12H2,1-4H3,(H,25,27). The van der Waals surface area contributed by atoms with Crippen molar-refractivity contribution in [1.29, 1.82) is 0 Å². The molecule has 0 radical (unpaired) electrons. The Morgan fingerprint density at radius 3 is 2.67 bits per heavy atom. The molecule has 0 saturated carbocycles. The smallest absolute Gasteiger partial charge is 0.268 e. The van der Waals surface area contributed by atoms with Crippen LogP contribution in [0.4, 0.5) is 11.4 Å². The second kappa shape index (κ2) is 7.91. The zero-order chi connectivity index (χ0) is 21.4. The molecule has 3 aromatic rings. The molecule has 1 aliphatic rings. The Morgan fingerprint density at radius 1 is 1.20 bits per heavy atom. The lowest BCUT2D eigenvalue weighted by atomic mass is 10.1. The monoisotopic (exact) mass is 421 g/mol. The number of hydrogen-bond donors (Lipinski definition) is 1. The van der Waals surface area contributed by atoms with Crippen molar-refractivity contribution in [3.8, 4) is 17.0 Å². The average Bonchev–Trinajstić information content (AvgIpc) is 3.05. The minimum Gasteiger partial charge on any atom is -0.479 e. The van der Waals surface area contributed by atoms with Gasteiger partial charge in [-0.15, -0.1) is 11.3 Å². The highest BCUT2D eigenvalue weighted by atomic mass is 32.1. The van der Waals surface area contributed by atoms with E-state index in [-0.39, 0.29) is 18.4 Å². The van der Waals surface area contributed by atoms with E-state index in [9.17, 15) is 9.59 Å². The van der Waals surface area contributed by atoms with Crippen LogP contribution < -0.4 is 15.0 Å². The van der Waals surface area contributed by atoms with Gasteiger partial charge >= 0.3 is 0 Å². The number of nitrogens with one attached hydrogen (secondary N) is 1. The van der Waals surface area contributed by atoms with E-state index in [1.54, 1.807) is 18.3 Å². The van der Waals surface area contributed by atoms with E-state index < -0.39 is 6.10 Å². The summed E-state index contributed by atoms with van der Waals surface area (Å²) in [7, 11) is 0. The molecule has 2 heterocycles. The van der Waals surface area contributed by atoms with Crippen LogP contribution in [0.25, 0.3) is 11.3 Å². The number of aromatic nitrogens is 1. The van der Waals surface area contributed by atoms with Crippen LogP contribution in [0.5, 0.6) is 5.75 Å². The first-order valence-corrected chi connectivity index (χ1v) is 10.6. The number of nitrogens with zero attached hydrogens (tertiary/aromatic N) is 2. The van der Waals surface area contributed by atoms with Gasteiger partial charge in [-0.25, -0.2) is 4.98 Å². The third-order valence-corrected chi connectivity index (χ3v) is 5.95. The summed E-state index contributed by atoms with van der Waals surface area (Å²) >= 11 is 1.63. The van der Waals surface area contributed by atoms with E-state index >= 15 is 0 Å². The maximum Gasteiger partial charge on any atom is 0.268 e. The van der Waals surface area contributed by atoms with Gasteiger partial charge in [-0.3, -0.25) is 14.5 Å². The van der Waals surface area contributed by atoms with Crippen LogP contribution in [0.15, 0.2) is 42.5 Å². The summed E-state index contributed by atoms with van der Waals surface area (Å²) in [5.74, 6) is 0.0775. The Morgan fingerprint density at radius 2 is 1.97 bits per heavy atom. The molecule has 0 spiro atoms. The molecule has 30 heavy (non-hydrogen) atoms. The van der Waals surface area contributed by atoms with Crippen molar-refractivity contribution in [3.63, 3.8) is 0 Å². The maximum absolute atomic E-state index is 12.9. The predicted octanol–water partition coefficient (Wildman–Crippen LogP) is 4.49. The number of fused-ring (bicyclic) bond motifs is 1. The second-order valence-electron chi connectivity index (χ2n) is 7.37. The van der Waals surface area contributed by atoms with Crippen LogP contribution >= 0.6 is 11.3 Å². The topological polar surface area (TPSA) is 71.5 Å². The van der Waals surface area contributed by atoms with Crippen molar-refractivity contribution in [3.05, 3.63) is 57.9 Å². The van der Waals surface area contributed by atoms with Crippen molar-refractivity contribution < 1.29 is 14.3 Å². The fraction of sp³-hybridized carbons (Fsp3) is 0.261. The third-order valence-electron chi connectivity index (χ3n) is 5.07. The summed E-state index contributed by atoms with van der Waals surface area (Å²) in [5.41, 5.74) is 4.06. The van der Waals surface area contributed by atoms with Crippen LogP contribution in [-0.4, -0.2) is 29.4 Å². The minimum atomic E-state index is -0.655. The number of carbonyl (C=O) groups is 2. The van der Waals surface area contributed by atoms with Crippen molar-refractivity contribution >= 4 is 34.5 Å². The van der Waals surface area contributed by atoms with E-state index in [1.165, 1.54) is 4.90 Å². The molecule has 1 unspecified atom stereocenters. The molecule has 0 bridgehead atoms. The number of amides is 2. The largest absolute Gasteiger partial charge is 0.479 e. The summed E-state index contributed by atoms with van der Waals surface area (Å²) in [6, 6.07) is 13.2. The van der Waals surface area contributed by atoms with Crippen LogP contribution in [0, 0.1) is 20.8 Å². The van der Waals surface area contributed by atoms with E-state index in [1.807, 2.05) is 63.2 Å². The second-order valence-corrected chi connectivity index (χ2v) is 8.78. The first-order valence-electron chi connectivity index (χ1n) is 9.75. The number of hydrogen-bond acceptors (Lipinski definition) is 5. The number of thiazole rings is 1. The molecule has 4 rings (SSSR count). The fourth-order valence-electron chi connectivity index (χ4n) is 3.56. The summed E-state index contributed by atoms with van der Waals surface area (Å²) < 4.78 is 5.78. The molecular formula is C23H23N3O3S. The van der Waals surface area contributed by atoms with Gasteiger partial charge < -0.3 is 10.1 Å². The van der Waals surface area contributed by atoms with Gasteiger partial charge in [-0.2, -0.15) is 0 Å². The lowest BCUT2D eigenvalue weighted by Crippen LogP contribution is -2.47. The molecule has 1 N–H and O–H groups in total. The highest BCUT2D eigenvalue weighted by Gasteiger charge is 2.33. The average molecular weight is 422 g/mol. The van der Waals surface area contributed by atoms with Crippen LogP contribution in [0.3, 0.4) is 0 Å². The molecule has 1 aromatic heterocycles. The fourth-order valence-corrected chi connectivity index (χ4v) is 4.40. The van der Waals surface area contributed by atoms with Gasteiger partial charge in [0.05, 0.1) is 16.4 Å². The minimum absolute atomic E-state index is 0.0909. The molecule has 0 aliphatic carbocycles. The first kappa shape index (κ1) is 20.1. The van der Waals surface area contributed by atoms with Gasteiger partial charge in [0.1, 0.15) is 12.3 Å². The lowest BCUT2D eigenvalue weighted by Gasteiger charge is -2.33. The Balaban J connectivity index is 1.66. The predicted molar refractivity (Wildman–Crippen MR) is 119 cm³/mol. The Kier molecular flexibility index (Phi) is 5.30. The highest BCUT2D eigenvalue weighted by Crippen LogP contribution is 2.38. The van der Waals surface area contributed by atoms with Crippen molar-refractivity contribution in [1.82, 2.24) is 4.98 Å². The summed E-state index contributed by atoms with van der Waals surface area (Å²) in [6.45, 7) is 7.52.